The van der Waals surface area contributed by atoms with Crippen LogP contribution in [0.4, 0.5) is 4.39 Å². The largest absolute Gasteiger partial charge is 0.480 e. The van der Waals surface area contributed by atoms with Crippen LogP contribution in [0.2, 0.25) is 5.02 Å². The van der Waals surface area contributed by atoms with E-state index in [9.17, 15) is 9.18 Å². The van der Waals surface area contributed by atoms with Gasteiger partial charge in [0, 0.05) is 6.20 Å². The van der Waals surface area contributed by atoms with Gasteiger partial charge in [0.2, 0.25) is 0 Å². The monoisotopic (exact) mass is 178 g/mol. The van der Waals surface area contributed by atoms with Crippen LogP contribution in [0.3, 0.4) is 0 Å². The minimum Gasteiger partial charge on any atom is -0.480 e. The number of rotatable bonds is 2. The molecule has 1 heterocycles. The molecule has 1 rings (SSSR count). The molecule has 0 unspecified atom stereocenters. The lowest BCUT2D eigenvalue weighted by Crippen LogP contribution is -2.08. The molecular formula is C5H4ClFN2O2. The highest BCUT2D eigenvalue weighted by molar-refractivity contribution is 6.30. The molecule has 0 saturated heterocycles. The second-order valence-electron chi connectivity index (χ2n) is 1.86. The van der Waals surface area contributed by atoms with Crippen molar-refractivity contribution in [2.45, 2.75) is 6.54 Å². The number of aromatic nitrogens is 2. The molecule has 0 bridgehead atoms. The van der Waals surface area contributed by atoms with Gasteiger partial charge in [0.25, 0.3) is 5.95 Å². The summed E-state index contributed by atoms with van der Waals surface area (Å²) in [6, 6.07) is 0. The SMILES string of the molecule is O=C(O)Cn1cc(Cl)c(F)n1. The molecule has 0 saturated carbocycles. The number of carboxylic acid groups (broad SMARTS) is 1. The quantitative estimate of drug-likeness (QED) is 0.728. The van der Waals surface area contributed by atoms with E-state index in [0.29, 0.717) is 0 Å². The lowest BCUT2D eigenvalue weighted by atomic mass is 10.6. The summed E-state index contributed by atoms with van der Waals surface area (Å²) in [6.07, 6.45) is 1.12. The molecule has 1 aromatic heterocycles. The third-order valence-electron chi connectivity index (χ3n) is 0.973. The Labute approximate surface area is 66.2 Å². The Kier molecular flexibility index (Phi) is 2.09. The second-order valence-corrected chi connectivity index (χ2v) is 2.27. The van der Waals surface area contributed by atoms with Crippen LogP contribution in [-0.4, -0.2) is 20.9 Å². The normalized spacial score (nSPS) is 10.0. The van der Waals surface area contributed by atoms with Crippen molar-refractivity contribution in [1.82, 2.24) is 9.78 Å². The molecule has 0 radical (unpaired) electrons. The molecule has 6 heteroatoms. The van der Waals surface area contributed by atoms with E-state index in [4.69, 9.17) is 16.7 Å². The van der Waals surface area contributed by atoms with Crippen molar-refractivity contribution in [3.8, 4) is 0 Å². The zero-order valence-corrected chi connectivity index (χ0v) is 6.05. The molecule has 0 aromatic carbocycles. The van der Waals surface area contributed by atoms with Crippen LogP contribution in [0.25, 0.3) is 0 Å². The maximum Gasteiger partial charge on any atom is 0.325 e. The standard InChI is InChI=1S/C5H4ClFN2O2/c6-3-1-9(2-4(10)11)8-5(3)7/h1H,2H2,(H,10,11). The number of carboxylic acids is 1. The van der Waals surface area contributed by atoms with Gasteiger partial charge in [-0.2, -0.15) is 4.39 Å². The molecule has 4 nitrogen and oxygen atoms in total. The molecule has 11 heavy (non-hydrogen) atoms. The molecule has 0 atom stereocenters. The van der Waals surface area contributed by atoms with Crippen molar-refractivity contribution in [1.29, 1.82) is 0 Å². The average Bonchev–Trinajstić information content (AvgIpc) is 2.10. The Hall–Kier alpha value is -1.10. The molecule has 1 N–H and O–H groups in total. The van der Waals surface area contributed by atoms with E-state index < -0.39 is 11.9 Å². The highest BCUT2D eigenvalue weighted by Gasteiger charge is 2.06. The van der Waals surface area contributed by atoms with Crippen molar-refractivity contribution >= 4 is 17.6 Å². The Morgan fingerprint density at radius 2 is 2.55 bits per heavy atom. The van der Waals surface area contributed by atoms with Crippen LogP contribution in [0, 0.1) is 5.95 Å². The fourth-order valence-electron chi connectivity index (χ4n) is 0.593. The predicted molar refractivity (Wildman–Crippen MR) is 34.8 cm³/mol. The highest BCUT2D eigenvalue weighted by Crippen LogP contribution is 2.10. The molecule has 60 valence electrons. The lowest BCUT2D eigenvalue weighted by molar-refractivity contribution is -0.137. The minimum absolute atomic E-state index is 0.175. The minimum atomic E-state index is -1.09. The van der Waals surface area contributed by atoms with Crippen LogP contribution < -0.4 is 0 Å². The first-order valence-electron chi connectivity index (χ1n) is 2.70. The van der Waals surface area contributed by atoms with Gasteiger partial charge in [0.1, 0.15) is 11.6 Å². The number of nitrogens with zero attached hydrogens (tertiary/aromatic N) is 2. The van der Waals surface area contributed by atoms with E-state index in [1.165, 1.54) is 0 Å². The molecule has 0 aliphatic rings. The van der Waals surface area contributed by atoms with Gasteiger partial charge >= 0.3 is 5.97 Å². The van der Waals surface area contributed by atoms with Crippen molar-refractivity contribution < 1.29 is 14.3 Å². The van der Waals surface area contributed by atoms with Gasteiger partial charge in [0.05, 0.1) is 0 Å². The molecule has 0 aliphatic carbocycles. The third kappa shape index (κ3) is 1.91. The van der Waals surface area contributed by atoms with E-state index in [2.05, 4.69) is 5.10 Å². The van der Waals surface area contributed by atoms with Crippen LogP contribution >= 0.6 is 11.6 Å². The van der Waals surface area contributed by atoms with E-state index >= 15 is 0 Å². The summed E-state index contributed by atoms with van der Waals surface area (Å²) in [4.78, 5) is 10.1. The number of aliphatic carboxylic acids is 1. The molecule has 1 aromatic rings. The molecule has 0 spiro atoms. The number of hydrogen-bond donors (Lipinski definition) is 1. The van der Waals surface area contributed by atoms with Gasteiger partial charge in [-0.15, -0.1) is 5.10 Å². The maximum absolute atomic E-state index is 12.3. The zero-order valence-electron chi connectivity index (χ0n) is 5.29. The van der Waals surface area contributed by atoms with Gasteiger partial charge in [-0.3, -0.25) is 9.48 Å². The summed E-state index contributed by atoms with van der Waals surface area (Å²) in [6.45, 7) is -0.385. The van der Waals surface area contributed by atoms with Crippen LogP contribution in [0.5, 0.6) is 0 Å². The second kappa shape index (κ2) is 2.87. The molecule has 0 fully saturated rings. The summed E-state index contributed by atoms with van der Waals surface area (Å²) < 4.78 is 13.2. The van der Waals surface area contributed by atoms with Crippen molar-refractivity contribution in [3.63, 3.8) is 0 Å². The fraction of sp³-hybridized carbons (Fsp3) is 0.200. The first-order valence-corrected chi connectivity index (χ1v) is 3.07. The summed E-state index contributed by atoms with van der Waals surface area (Å²) in [7, 11) is 0. The molecule has 0 amide bonds. The van der Waals surface area contributed by atoms with E-state index in [0.717, 1.165) is 10.9 Å². The van der Waals surface area contributed by atoms with E-state index in [1.54, 1.807) is 0 Å². The first-order chi connectivity index (χ1) is 5.09. The molecule has 0 aliphatic heterocycles. The summed E-state index contributed by atoms with van der Waals surface area (Å²) in [5, 5.41) is 11.3. The molecular weight excluding hydrogens is 175 g/mol. The van der Waals surface area contributed by atoms with Crippen molar-refractivity contribution in [2.24, 2.45) is 0 Å². The third-order valence-corrected chi connectivity index (χ3v) is 1.23. The zero-order chi connectivity index (χ0) is 8.43. The maximum atomic E-state index is 12.3. The summed E-state index contributed by atoms with van der Waals surface area (Å²) in [5.74, 6) is -1.95. The van der Waals surface area contributed by atoms with Gasteiger partial charge in [0.15, 0.2) is 0 Å². The topological polar surface area (TPSA) is 55.1 Å². The predicted octanol–water partition coefficient (Wildman–Crippen LogP) is 0.760. The van der Waals surface area contributed by atoms with Crippen LogP contribution in [-0.2, 0) is 11.3 Å². The van der Waals surface area contributed by atoms with E-state index in [1.807, 2.05) is 0 Å². The Bertz CT molecular complexity index is 267. The Balaban J connectivity index is 2.81. The van der Waals surface area contributed by atoms with Gasteiger partial charge in [-0.1, -0.05) is 11.6 Å². The number of carbonyl (C=O) groups is 1. The average molecular weight is 179 g/mol. The van der Waals surface area contributed by atoms with E-state index in [-0.39, 0.29) is 11.6 Å². The van der Waals surface area contributed by atoms with Gasteiger partial charge in [-0.05, 0) is 0 Å². The highest BCUT2D eigenvalue weighted by atomic mass is 35.5. The number of halogens is 2. The van der Waals surface area contributed by atoms with Gasteiger partial charge < -0.3 is 5.11 Å². The smallest absolute Gasteiger partial charge is 0.325 e. The number of hydrogen-bond acceptors (Lipinski definition) is 2. The van der Waals surface area contributed by atoms with Gasteiger partial charge in [-0.25, -0.2) is 0 Å². The van der Waals surface area contributed by atoms with Crippen LogP contribution in [0.1, 0.15) is 0 Å². The lowest BCUT2D eigenvalue weighted by Gasteiger charge is -1.91. The van der Waals surface area contributed by atoms with Crippen molar-refractivity contribution in [3.05, 3.63) is 17.2 Å². The Morgan fingerprint density at radius 3 is 2.91 bits per heavy atom. The van der Waals surface area contributed by atoms with Crippen LogP contribution in [0.15, 0.2) is 6.20 Å². The first kappa shape index (κ1) is 8.00. The summed E-state index contributed by atoms with van der Waals surface area (Å²) >= 11 is 5.26. The summed E-state index contributed by atoms with van der Waals surface area (Å²) in [5.41, 5.74) is 0. The fourth-order valence-corrected chi connectivity index (χ4v) is 0.744. The Morgan fingerprint density at radius 1 is 1.91 bits per heavy atom. The van der Waals surface area contributed by atoms with Crippen molar-refractivity contribution in [2.75, 3.05) is 0 Å².